The Morgan fingerprint density at radius 3 is 2.59 bits per heavy atom. The Kier molecular flexibility index (Phi) is 6.22. The summed E-state index contributed by atoms with van der Waals surface area (Å²) in [6.07, 6.45) is 2.28. The molecule has 1 aromatic heterocycles. The Bertz CT molecular complexity index is 807. The van der Waals surface area contributed by atoms with Crippen molar-refractivity contribution < 1.29 is 4.79 Å². The quantitative estimate of drug-likeness (QED) is 0.842. The summed E-state index contributed by atoms with van der Waals surface area (Å²) in [7, 11) is 0. The van der Waals surface area contributed by atoms with Gasteiger partial charge in [-0.25, -0.2) is 4.68 Å². The molecular weight excluding hydrogens is 360 g/mol. The number of aromatic nitrogens is 2. The van der Waals surface area contributed by atoms with E-state index in [0.29, 0.717) is 22.5 Å². The Labute approximate surface area is 166 Å². The van der Waals surface area contributed by atoms with Crippen LogP contribution < -0.4 is 5.32 Å². The smallest absolute Gasteiger partial charge is 0.251 e. The lowest BCUT2D eigenvalue weighted by Gasteiger charge is -2.34. The molecule has 0 radical (unpaired) electrons. The molecule has 0 spiro atoms. The number of hydrogen-bond donors (Lipinski definition) is 1. The molecule has 6 heteroatoms. The molecule has 146 valence electrons. The zero-order chi connectivity index (χ0) is 19.6. The van der Waals surface area contributed by atoms with Gasteiger partial charge in [0.25, 0.3) is 5.91 Å². The molecule has 27 heavy (non-hydrogen) atoms. The summed E-state index contributed by atoms with van der Waals surface area (Å²) in [4.78, 5) is 15.1. The van der Waals surface area contributed by atoms with Gasteiger partial charge in [-0.3, -0.25) is 4.79 Å². The molecule has 1 amide bonds. The molecule has 0 atom stereocenters. The number of amides is 1. The highest BCUT2D eigenvalue weighted by Crippen LogP contribution is 2.23. The average Bonchev–Trinajstić information content (AvgIpc) is 2.94. The molecule has 2 aromatic rings. The predicted molar refractivity (Wildman–Crippen MR) is 110 cm³/mol. The molecule has 1 fully saturated rings. The van der Waals surface area contributed by atoms with Crippen LogP contribution in [0.15, 0.2) is 24.3 Å². The Hall–Kier alpha value is -1.85. The van der Waals surface area contributed by atoms with Crippen LogP contribution in [0.4, 0.5) is 0 Å². The summed E-state index contributed by atoms with van der Waals surface area (Å²) >= 11 is 6.25. The van der Waals surface area contributed by atoms with Gasteiger partial charge in [-0.2, -0.15) is 5.10 Å². The molecule has 0 bridgehead atoms. The molecule has 0 unspecified atom stereocenters. The minimum atomic E-state index is -0.0317. The molecule has 1 aliphatic rings. The predicted octanol–water partition coefficient (Wildman–Crippen LogP) is 3.99. The molecule has 3 rings (SSSR count). The number of carbonyl (C=O) groups is 1. The van der Waals surface area contributed by atoms with E-state index in [0.717, 1.165) is 49.6 Å². The monoisotopic (exact) mass is 388 g/mol. The van der Waals surface area contributed by atoms with Gasteiger partial charge >= 0.3 is 0 Å². The summed E-state index contributed by atoms with van der Waals surface area (Å²) in [5.74, 6) is 0.526. The number of piperidine rings is 1. The van der Waals surface area contributed by atoms with Crippen molar-refractivity contribution in [3.63, 3.8) is 0 Å². The van der Waals surface area contributed by atoms with Crippen molar-refractivity contribution in [3.8, 4) is 5.69 Å². The summed E-state index contributed by atoms with van der Waals surface area (Å²) in [6.45, 7) is 11.3. The van der Waals surface area contributed by atoms with Crippen LogP contribution in [0.25, 0.3) is 5.69 Å². The van der Waals surface area contributed by atoms with Crippen molar-refractivity contribution in [1.82, 2.24) is 20.0 Å². The van der Waals surface area contributed by atoms with Crippen LogP contribution in [0.5, 0.6) is 0 Å². The van der Waals surface area contributed by atoms with E-state index in [4.69, 9.17) is 11.6 Å². The maximum absolute atomic E-state index is 12.6. The number of likely N-dealkylation sites (tertiary alicyclic amines) is 1. The second-order valence-electron chi connectivity index (χ2n) is 7.73. The SMILES string of the molecule is Cc1nn(-c2cccc(C(=O)NCC3CCN(C(C)C)CC3)c2)c(C)c1Cl. The third-order valence-corrected chi connectivity index (χ3v) is 6.03. The second kappa shape index (κ2) is 8.44. The summed E-state index contributed by atoms with van der Waals surface area (Å²) in [6, 6.07) is 8.13. The van der Waals surface area contributed by atoms with Crippen molar-refractivity contribution in [2.24, 2.45) is 5.92 Å². The number of nitrogens with zero attached hydrogens (tertiary/aromatic N) is 3. The van der Waals surface area contributed by atoms with Gasteiger partial charge < -0.3 is 10.2 Å². The highest BCUT2D eigenvalue weighted by atomic mass is 35.5. The minimum absolute atomic E-state index is 0.0317. The van der Waals surface area contributed by atoms with Crippen molar-refractivity contribution in [2.45, 2.75) is 46.6 Å². The van der Waals surface area contributed by atoms with E-state index in [1.54, 1.807) is 4.68 Å². The highest BCUT2D eigenvalue weighted by Gasteiger charge is 2.21. The summed E-state index contributed by atoms with van der Waals surface area (Å²) < 4.78 is 1.79. The van der Waals surface area contributed by atoms with Gasteiger partial charge in [0.05, 0.1) is 22.1 Å². The normalized spacial score (nSPS) is 16.1. The number of aryl methyl sites for hydroxylation is 1. The second-order valence-corrected chi connectivity index (χ2v) is 8.11. The fourth-order valence-corrected chi connectivity index (χ4v) is 3.78. The van der Waals surface area contributed by atoms with Crippen LogP contribution in [-0.4, -0.2) is 46.3 Å². The third kappa shape index (κ3) is 4.53. The van der Waals surface area contributed by atoms with E-state index in [1.807, 2.05) is 38.1 Å². The topological polar surface area (TPSA) is 50.2 Å². The zero-order valence-corrected chi connectivity index (χ0v) is 17.4. The lowest BCUT2D eigenvalue weighted by atomic mass is 9.96. The zero-order valence-electron chi connectivity index (χ0n) is 16.6. The molecule has 0 saturated carbocycles. The maximum atomic E-state index is 12.6. The first kappa shape index (κ1) is 19.9. The highest BCUT2D eigenvalue weighted by molar-refractivity contribution is 6.31. The first-order valence-corrected chi connectivity index (χ1v) is 10.1. The van der Waals surface area contributed by atoms with Gasteiger partial charge in [-0.05, 0) is 77.7 Å². The number of rotatable bonds is 5. The Balaban J connectivity index is 1.62. The first-order chi connectivity index (χ1) is 12.9. The van der Waals surface area contributed by atoms with Crippen LogP contribution in [0.1, 0.15) is 48.4 Å². The standard InChI is InChI=1S/C21H29ClN4O/c1-14(2)25-10-8-17(9-11-25)13-23-21(27)18-6-5-7-19(12-18)26-16(4)20(22)15(3)24-26/h5-7,12,14,17H,8-11,13H2,1-4H3,(H,23,27). The van der Waals surface area contributed by atoms with Gasteiger partial charge in [0.1, 0.15) is 0 Å². The molecular formula is C21H29ClN4O. The third-order valence-electron chi connectivity index (χ3n) is 5.49. The maximum Gasteiger partial charge on any atom is 0.251 e. The van der Waals surface area contributed by atoms with E-state index < -0.39 is 0 Å². The largest absolute Gasteiger partial charge is 0.352 e. The number of halogens is 1. The van der Waals surface area contributed by atoms with Gasteiger partial charge in [0.15, 0.2) is 0 Å². The number of nitrogens with one attached hydrogen (secondary N) is 1. The Morgan fingerprint density at radius 1 is 1.30 bits per heavy atom. The first-order valence-electron chi connectivity index (χ1n) is 9.71. The average molecular weight is 389 g/mol. The molecule has 1 N–H and O–H groups in total. The van der Waals surface area contributed by atoms with Crippen molar-refractivity contribution in [3.05, 3.63) is 46.2 Å². The summed E-state index contributed by atoms with van der Waals surface area (Å²) in [5.41, 5.74) is 3.16. The van der Waals surface area contributed by atoms with Gasteiger partial charge in [-0.15, -0.1) is 0 Å². The van der Waals surface area contributed by atoms with Crippen LogP contribution in [0, 0.1) is 19.8 Å². The lowest BCUT2D eigenvalue weighted by Crippen LogP contribution is -2.41. The van der Waals surface area contributed by atoms with Crippen LogP contribution in [0.2, 0.25) is 5.02 Å². The van der Waals surface area contributed by atoms with Crippen molar-refractivity contribution in [2.75, 3.05) is 19.6 Å². The van der Waals surface area contributed by atoms with E-state index >= 15 is 0 Å². The van der Waals surface area contributed by atoms with E-state index in [1.165, 1.54) is 0 Å². The summed E-state index contributed by atoms with van der Waals surface area (Å²) in [5, 5.41) is 8.24. The molecule has 5 nitrogen and oxygen atoms in total. The minimum Gasteiger partial charge on any atom is -0.352 e. The van der Waals surface area contributed by atoms with Gasteiger partial charge in [0, 0.05) is 18.2 Å². The van der Waals surface area contributed by atoms with Crippen molar-refractivity contribution >= 4 is 17.5 Å². The van der Waals surface area contributed by atoms with Crippen LogP contribution >= 0.6 is 11.6 Å². The molecule has 0 aliphatic carbocycles. The molecule has 1 aromatic carbocycles. The Morgan fingerprint density at radius 2 is 2.00 bits per heavy atom. The fraction of sp³-hybridized carbons (Fsp3) is 0.524. The van der Waals surface area contributed by atoms with Gasteiger partial charge in [0.2, 0.25) is 0 Å². The number of benzene rings is 1. The number of carbonyl (C=O) groups excluding carboxylic acids is 1. The fourth-order valence-electron chi connectivity index (χ4n) is 3.67. The van der Waals surface area contributed by atoms with E-state index in [-0.39, 0.29) is 5.91 Å². The van der Waals surface area contributed by atoms with Crippen LogP contribution in [-0.2, 0) is 0 Å². The lowest BCUT2D eigenvalue weighted by molar-refractivity contribution is 0.0929. The van der Waals surface area contributed by atoms with E-state index in [2.05, 4.69) is 29.2 Å². The van der Waals surface area contributed by atoms with Crippen molar-refractivity contribution in [1.29, 1.82) is 0 Å². The number of hydrogen-bond acceptors (Lipinski definition) is 3. The van der Waals surface area contributed by atoms with Gasteiger partial charge in [-0.1, -0.05) is 17.7 Å². The van der Waals surface area contributed by atoms with Crippen LogP contribution in [0.3, 0.4) is 0 Å². The van der Waals surface area contributed by atoms with E-state index in [9.17, 15) is 4.79 Å². The molecule has 1 saturated heterocycles. The molecule has 1 aliphatic heterocycles. The molecule has 2 heterocycles.